The monoisotopic (exact) mass is 287 g/mol. The normalized spacial score (nSPS) is 17.5. The first-order valence-corrected chi connectivity index (χ1v) is 6.96. The molecular weight excluding hydrogens is 267 g/mol. The van der Waals surface area contributed by atoms with Gasteiger partial charge in [0.1, 0.15) is 0 Å². The summed E-state index contributed by atoms with van der Waals surface area (Å²) in [6, 6.07) is 7.37. The summed E-state index contributed by atoms with van der Waals surface area (Å²) in [5.74, 6) is 0. The predicted octanol–water partition coefficient (Wildman–Crippen LogP) is 3.31. The van der Waals surface area contributed by atoms with Crippen molar-refractivity contribution in [3.05, 3.63) is 35.4 Å². The smallest absolute Gasteiger partial charge is 0.387 e. The maximum atomic E-state index is 12.5. The minimum Gasteiger partial charge on any atom is -0.387 e. The molecule has 0 amide bonds. The van der Waals surface area contributed by atoms with E-state index in [2.05, 4.69) is 0 Å². The Morgan fingerprint density at radius 3 is 2.30 bits per heavy atom. The lowest BCUT2D eigenvalue weighted by atomic mass is 10.1. The summed E-state index contributed by atoms with van der Waals surface area (Å²) in [7, 11) is 0. The summed E-state index contributed by atoms with van der Waals surface area (Å²) < 4.78 is 37.6. The average molecular weight is 287 g/mol. The molecule has 1 unspecified atom stereocenters. The van der Waals surface area contributed by atoms with Crippen LogP contribution >= 0.6 is 0 Å². The van der Waals surface area contributed by atoms with Crippen LogP contribution in [0.5, 0.6) is 0 Å². The highest BCUT2D eigenvalue weighted by atomic mass is 19.4. The van der Waals surface area contributed by atoms with Gasteiger partial charge in [-0.15, -0.1) is 0 Å². The Labute approximate surface area is 117 Å². The molecule has 112 valence electrons. The van der Waals surface area contributed by atoms with Gasteiger partial charge in [-0.2, -0.15) is 13.2 Å². The van der Waals surface area contributed by atoms with E-state index < -0.39 is 18.8 Å². The summed E-state index contributed by atoms with van der Waals surface area (Å²) >= 11 is 0. The van der Waals surface area contributed by atoms with Crippen molar-refractivity contribution in [1.29, 1.82) is 0 Å². The van der Waals surface area contributed by atoms with E-state index in [1.54, 1.807) is 12.1 Å². The van der Waals surface area contributed by atoms with Gasteiger partial charge in [-0.3, -0.25) is 4.90 Å². The van der Waals surface area contributed by atoms with Crippen LogP contribution in [0.3, 0.4) is 0 Å². The summed E-state index contributed by atoms with van der Waals surface area (Å²) in [5.41, 5.74) is 1.82. The molecular formula is C15H20F3NO. The van der Waals surface area contributed by atoms with Crippen LogP contribution in [0.2, 0.25) is 0 Å². The summed E-state index contributed by atoms with van der Waals surface area (Å²) in [6.45, 7) is 1.13. The van der Waals surface area contributed by atoms with Crippen LogP contribution in [0.25, 0.3) is 0 Å². The molecule has 0 bridgehead atoms. The molecule has 1 atom stereocenters. The lowest BCUT2D eigenvalue weighted by Gasteiger charge is -2.26. The van der Waals surface area contributed by atoms with Crippen LogP contribution in [0, 0.1) is 0 Å². The molecule has 1 aromatic rings. The molecule has 0 saturated heterocycles. The van der Waals surface area contributed by atoms with Gasteiger partial charge < -0.3 is 5.11 Å². The van der Waals surface area contributed by atoms with Crippen molar-refractivity contribution in [1.82, 2.24) is 4.90 Å². The third-order valence-corrected chi connectivity index (χ3v) is 3.63. The van der Waals surface area contributed by atoms with E-state index >= 15 is 0 Å². The first-order chi connectivity index (χ1) is 9.39. The maximum Gasteiger partial charge on any atom is 0.401 e. The Morgan fingerprint density at radius 2 is 1.85 bits per heavy atom. The van der Waals surface area contributed by atoms with Crippen LogP contribution in [-0.4, -0.2) is 35.3 Å². The standard InChI is InChI=1S/C15H20F3NO/c1-2-11-3-5-12(6-4-11)14(20)9-19(13-7-8-13)10-15(16,17)18/h3-6,13-14,20H,2,7-10H2,1H3. The predicted molar refractivity (Wildman–Crippen MR) is 71.4 cm³/mol. The average Bonchev–Trinajstić information content (AvgIpc) is 3.20. The van der Waals surface area contributed by atoms with Crippen molar-refractivity contribution in [2.75, 3.05) is 13.1 Å². The fraction of sp³-hybridized carbons (Fsp3) is 0.600. The lowest BCUT2D eigenvalue weighted by Crippen LogP contribution is -2.38. The van der Waals surface area contributed by atoms with Gasteiger partial charge in [0.2, 0.25) is 0 Å². The van der Waals surface area contributed by atoms with Gasteiger partial charge >= 0.3 is 6.18 Å². The number of nitrogens with zero attached hydrogens (tertiary/aromatic N) is 1. The van der Waals surface area contributed by atoms with Gasteiger partial charge in [0.05, 0.1) is 12.6 Å². The summed E-state index contributed by atoms with van der Waals surface area (Å²) in [6.07, 6.45) is -2.61. The van der Waals surface area contributed by atoms with E-state index in [0.717, 1.165) is 24.8 Å². The highest BCUT2D eigenvalue weighted by Gasteiger charge is 2.38. The summed E-state index contributed by atoms with van der Waals surface area (Å²) in [5, 5.41) is 10.1. The fourth-order valence-corrected chi connectivity index (χ4v) is 2.32. The van der Waals surface area contributed by atoms with Crippen molar-refractivity contribution in [3.8, 4) is 0 Å². The lowest BCUT2D eigenvalue weighted by molar-refractivity contribution is -0.149. The number of hydrogen-bond donors (Lipinski definition) is 1. The molecule has 1 saturated carbocycles. The zero-order chi connectivity index (χ0) is 14.8. The van der Waals surface area contributed by atoms with Crippen molar-refractivity contribution >= 4 is 0 Å². The highest BCUT2D eigenvalue weighted by molar-refractivity contribution is 5.24. The van der Waals surface area contributed by atoms with E-state index in [-0.39, 0.29) is 12.6 Å². The first-order valence-electron chi connectivity index (χ1n) is 6.96. The van der Waals surface area contributed by atoms with Crippen molar-refractivity contribution < 1.29 is 18.3 Å². The Balaban J connectivity index is 1.98. The van der Waals surface area contributed by atoms with Gasteiger partial charge in [-0.05, 0) is 30.4 Å². The fourth-order valence-electron chi connectivity index (χ4n) is 2.32. The second-order valence-corrected chi connectivity index (χ2v) is 5.39. The second-order valence-electron chi connectivity index (χ2n) is 5.39. The molecule has 1 aliphatic rings. The van der Waals surface area contributed by atoms with Gasteiger partial charge in [-0.25, -0.2) is 0 Å². The molecule has 1 aromatic carbocycles. The zero-order valence-corrected chi connectivity index (χ0v) is 11.5. The molecule has 2 rings (SSSR count). The van der Waals surface area contributed by atoms with Gasteiger partial charge in [0, 0.05) is 12.6 Å². The van der Waals surface area contributed by atoms with E-state index in [0.29, 0.717) is 5.56 Å². The Bertz CT molecular complexity index is 426. The quantitative estimate of drug-likeness (QED) is 0.867. The molecule has 1 fully saturated rings. The Hall–Kier alpha value is -1.07. The molecule has 2 nitrogen and oxygen atoms in total. The first kappa shape index (κ1) is 15.3. The molecule has 5 heteroatoms. The van der Waals surface area contributed by atoms with E-state index in [4.69, 9.17) is 0 Å². The number of rotatable bonds is 6. The molecule has 0 aliphatic heterocycles. The topological polar surface area (TPSA) is 23.5 Å². The molecule has 1 N–H and O–H groups in total. The summed E-state index contributed by atoms with van der Waals surface area (Å²) in [4.78, 5) is 1.35. The largest absolute Gasteiger partial charge is 0.401 e. The van der Waals surface area contributed by atoms with E-state index in [1.165, 1.54) is 4.90 Å². The number of hydrogen-bond acceptors (Lipinski definition) is 2. The van der Waals surface area contributed by atoms with Gasteiger partial charge in [-0.1, -0.05) is 31.2 Å². The SMILES string of the molecule is CCc1ccc(C(O)CN(CC(F)(F)F)C2CC2)cc1. The van der Waals surface area contributed by atoms with E-state index in [9.17, 15) is 18.3 Å². The Morgan fingerprint density at radius 1 is 1.25 bits per heavy atom. The minimum atomic E-state index is -4.21. The molecule has 0 heterocycles. The number of halogens is 3. The third-order valence-electron chi connectivity index (χ3n) is 3.63. The maximum absolute atomic E-state index is 12.5. The zero-order valence-electron chi connectivity index (χ0n) is 11.5. The van der Waals surface area contributed by atoms with Crippen LogP contribution in [0.15, 0.2) is 24.3 Å². The number of alkyl halides is 3. The number of aliphatic hydroxyl groups is 1. The molecule has 20 heavy (non-hydrogen) atoms. The minimum absolute atomic E-state index is 0.0267. The van der Waals surface area contributed by atoms with Gasteiger partial charge in [0.25, 0.3) is 0 Å². The third kappa shape index (κ3) is 4.49. The van der Waals surface area contributed by atoms with Crippen LogP contribution in [0.1, 0.15) is 37.0 Å². The van der Waals surface area contributed by atoms with Crippen LogP contribution in [0.4, 0.5) is 13.2 Å². The number of aliphatic hydroxyl groups excluding tert-OH is 1. The van der Waals surface area contributed by atoms with Crippen molar-refractivity contribution in [2.45, 2.75) is 44.5 Å². The number of benzene rings is 1. The second kappa shape index (κ2) is 6.14. The van der Waals surface area contributed by atoms with E-state index in [1.807, 2.05) is 19.1 Å². The van der Waals surface area contributed by atoms with Crippen LogP contribution < -0.4 is 0 Å². The molecule has 0 radical (unpaired) electrons. The van der Waals surface area contributed by atoms with Crippen LogP contribution in [-0.2, 0) is 6.42 Å². The van der Waals surface area contributed by atoms with Crippen molar-refractivity contribution in [2.24, 2.45) is 0 Å². The Kier molecular flexibility index (Phi) is 4.70. The van der Waals surface area contributed by atoms with Gasteiger partial charge in [0.15, 0.2) is 0 Å². The highest BCUT2D eigenvalue weighted by Crippen LogP contribution is 2.31. The number of aryl methyl sites for hydroxylation is 1. The molecule has 0 spiro atoms. The molecule has 1 aliphatic carbocycles. The molecule has 0 aromatic heterocycles. The van der Waals surface area contributed by atoms with Crippen molar-refractivity contribution in [3.63, 3.8) is 0 Å².